The quantitative estimate of drug-likeness (QED) is 0.247. The third-order valence-electron chi connectivity index (χ3n) is 7.33. The molecule has 3 aromatic heterocycles. The van der Waals surface area contributed by atoms with Gasteiger partial charge >= 0.3 is 6.09 Å². The zero-order chi connectivity index (χ0) is 28.3. The molecule has 1 atom stereocenters. The number of halogens is 1. The number of aliphatic hydroxyl groups excluding tert-OH is 1. The Bertz CT molecular complexity index is 1530. The summed E-state index contributed by atoms with van der Waals surface area (Å²) in [6, 6.07) is 14.2. The summed E-state index contributed by atoms with van der Waals surface area (Å²) in [5.74, 6) is -0.848. The Morgan fingerprint density at radius 1 is 1.15 bits per heavy atom. The van der Waals surface area contributed by atoms with Crippen LogP contribution in [0.1, 0.15) is 53.5 Å². The lowest BCUT2D eigenvalue weighted by molar-refractivity contribution is -0.0308. The van der Waals surface area contributed by atoms with E-state index in [1.165, 1.54) is 23.6 Å². The molecule has 41 heavy (non-hydrogen) atoms. The number of rotatable bonds is 8. The second-order valence-electron chi connectivity index (χ2n) is 10.2. The fourth-order valence-electron chi connectivity index (χ4n) is 5.21. The molecule has 1 aliphatic heterocycles. The number of thiazole rings is 1. The molecule has 12 heteroatoms. The lowest BCUT2D eigenvalue weighted by atomic mass is 9.92. The predicted octanol–water partition coefficient (Wildman–Crippen LogP) is 5.19. The number of hydrogen-bond donors (Lipinski definition) is 3. The summed E-state index contributed by atoms with van der Waals surface area (Å²) < 4.78 is 20.5. The molecule has 2 fully saturated rings. The maximum absolute atomic E-state index is 13.5. The molecule has 2 aliphatic rings. The van der Waals surface area contributed by atoms with Crippen LogP contribution in [0.2, 0.25) is 0 Å². The zero-order valence-corrected chi connectivity index (χ0v) is 22.9. The Morgan fingerprint density at radius 3 is 2.76 bits per heavy atom. The van der Waals surface area contributed by atoms with Crippen LogP contribution in [-0.4, -0.2) is 50.4 Å². The van der Waals surface area contributed by atoms with Crippen molar-refractivity contribution >= 4 is 39.8 Å². The Hall–Kier alpha value is -4.29. The molecule has 0 spiro atoms. The maximum atomic E-state index is 13.5. The van der Waals surface area contributed by atoms with Gasteiger partial charge in [0.2, 0.25) is 5.95 Å². The summed E-state index contributed by atoms with van der Waals surface area (Å²) >= 11 is 1.38. The molecule has 1 aliphatic carbocycles. The van der Waals surface area contributed by atoms with Gasteiger partial charge in [-0.25, -0.2) is 14.8 Å². The minimum atomic E-state index is -0.560. The smallest absolute Gasteiger partial charge is 0.411 e. The summed E-state index contributed by atoms with van der Waals surface area (Å²) in [5.41, 5.74) is 3.69. The molecular weight excluding hydrogens is 547 g/mol. The maximum Gasteiger partial charge on any atom is 0.411 e. The molecule has 1 saturated heterocycles. The predicted molar refractivity (Wildman–Crippen MR) is 153 cm³/mol. The van der Waals surface area contributed by atoms with Gasteiger partial charge < -0.3 is 19.3 Å². The average Bonchev–Trinajstić information content (AvgIpc) is 3.69. The van der Waals surface area contributed by atoms with Crippen molar-refractivity contribution in [3.8, 4) is 0 Å². The van der Waals surface area contributed by atoms with Crippen molar-refractivity contribution < 1.29 is 23.8 Å². The standard InChI is InChI=1S/C29H29FN6O4S/c30-26-13-18(9-10-31-26)16-35-11-1-4-25(35)27(38)34-28-33-23(17-41-28)24-3-2-12-36(24)20-7-5-19(6-8-20)32-29(39)40-22-14-21(37)15-22/h1,4-11,13,17,21-22,24,37H,2-3,12,14-16H2,(H,32,39)(H,33,34,38)/t21?,22?,24-/m1/s1. The number of hydrogen-bond acceptors (Lipinski definition) is 8. The van der Waals surface area contributed by atoms with E-state index in [4.69, 9.17) is 9.72 Å². The third kappa shape index (κ3) is 6.23. The van der Waals surface area contributed by atoms with Gasteiger partial charge in [0.1, 0.15) is 11.8 Å². The second kappa shape index (κ2) is 11.7. The lowest BCUT2D eigenvalue weighted by Gasteiger charge is -2.30. The van der Waals surface area contributed by atoms with Crippen molar-refractivity contribution in [3.63, 3.8) is 0 Å². The first-order valence-corrected chi connectivity index (χ1v) is 14.3. The van der Waals surface area contributed by atoms with Crippen LogP contribution in [0.5, 0.6) is 0 Å². The summed E-state index contributed by atoms with van der Waals surface area (Å²) in [5, 5.41) is 17.5. The Balaban J connectivity index is 1.07. The summed E-state index contributed by atoms with van der Waals surface area (Å²) in [6.45, 7) is 1.21. The fourth-order valence-corrected chi connectivity index (χ4v) is 5.96. The van der Waals surface area contributed by atoms with E-state index in [1.807, 2.05) is 29.6 Å². The van der Waals surface area contributed by atoms with Gasteiger partial charge in [-0.3, -0.25) is 15.4 Å². The van der Waals surface area contributed by atoms with Crippen molar-refractivity contribution in [1.29, 1.82) is 0 Å². The number of nitrogens with one attached hydrogen (secondary N) is 2. The number of aromatic nitrogens is 3. The molecule has 0 bridgehead atoms. The van der Waals surface area contributed by atoms with Crippen LogP contribution in [0.4, 0.5) is 25.7 Å². The number of nitrogens with zero attached hydrogens (tertiary/aromatic N) is 4. The van der Waals surface area contributed by atoms with Crippen LogP contribution in [-0.2, 0) is 11.3 Å². The second-order valence-corrected chi connectivity index (χ2v) is 11.1. The zero-order valence-electron chi connectivity index (χ0n) is 22.1. The molecule has 10 nitrogen and oxygen atoms in total. The molecule has 0 radical (unpaired) electrons. The molecule has 2 amide bonds. The Kier molecular flexibility index (Phi) is 7.66. The molecule has 212 valence electrons. The van der Waals surface area contributed by atoms with Gasteiger partial charge in [0, 0.05) is 55.1 Å². The van der Waals surface area contributed by atoms with Crippen LogP contribution in [0.15, 0.2) is 66.3 Å². The van der Waals surface area contributed by atoms with Crippen molar-refractivity contribution in [1.82, 2.24) is 14.5 Å². The molecule has 1 saturated carbocycles. The van der Waals surface area contributed by atoms with Crippen LogP contribution < -0.4 is 15.5 Å². The van der Waals surface area contributed by atoms with Crippen molar-refractivity contribution in [2.24, 2.45) is 0 Å². The summed E-state index contributed by atoms with van der Waals surface area (Å²) in [6.07, 6.45) is 4.95. The Labute approximate surface area is 239 Å². The third-order valence-corrected chi connectivity index (χ3v) is 8.11. The number of aliphatic hydroxyl groups is 1. The number of carbonyl (C=O) groups is 2. The number of ether oxygens (including phenoxy) is 1. The van der Waals surface area contributed by atoms with Gasteiger partial charge in [-0.2, -0.15) is 4.39 Å². The van der Waals surface area contributed by atoms with E-state index < -0.39 is 12.0 Å². The normalized spacial score (nSPS) is 20.0. The topological polar surface area (TPSA) is 122 Å². The minimum Gasteiger partial charge on any atom is -0.446 e. The number of amides is 2. The fraction of sp³-hybridized carbons (Fsp3) is 0.310. The van der Waals surface area contributed by atoms with E-state index in [9.17, 15) is 19.1 Å². The minimum absolute atomic E-state index is 0.0659. The van der Waals surface area contributed by atoms with E-state index in [1.54, 1.807) is 29.0 Å². The van der Waals surface area contributed by atoms with E-state index >= 15 is 0 Å². The first kappa shape index (κ1) is 26.9. The number of benzene rings is 1. The summed E-state index contributed by atoms with van der Waals surface area (Å²) in [7, 11) is 0. The monoisotopic (exact) mass is 576 g/mol. The van der Waals surface area contributed by atoms with Gasteiger partial charge in [-0.1, -0.05) is 0 Å². The number of anilines is 3. The largest absolute Gasteiger partial charge is 0.446 e. The lowest BCUT2D eigenvalue weighted by Crippen LogP contribution is -2.37. The van der Waals surface area contributed by atoms with Crippen LogP contribution in [0, 0.1) is 5.95 Å². The first-order valence-electron chi connectivity index (χ1n) is 13.5. The van der Waals surface area contributed by atoms with Crippen LogP contribution in [0.3, 0.4) is 0 Å². The average molecular weight is 577 g/mol. The van der Waals surface area contributed by atoms with E-state index in [2.05, 4.69) is 20.5 Å². The van der Waals surface area contributed by atoms with Crippen molar-refractivity contribution in [2.45, 2.75) is 50.5 Å². The van der Waals surface area contributed by atoms with E-state index in [0.717, 1.165) is 30.8 Å². The van der Waals surface area contributed by atoms with Gasteiger partial charge in [0.15, 0.2) is 5.13 Å². The molecule has 6 rings (SSSR count). The van der Waals surface area contributed by atoms with E-state index in [-0.39, 0.29) is 24.2 Å². The Morgan fingerprint density at radius 2 is 1.98 bits per heavy atom. The molecule has 3 N–H and O–H groups in total. The number of pyridine rings is 1. The van der Waals surface area contributed by atoms with Crippen LogP contribution in [0.25, 0.3) is 0 Å². The van der Waals surface area contributed by atoms with Crippen molar-refractivity contribution in [2.75, 3.05) is 22.1 Å². The molecule has 1 aromatic carbocycles. The van der Waals surface area contributed by atoms with Gasteiger partial charge in [0.05, 0.1) is 17.8 Å². The molecule has 4 aromatic rings. The number of carbonyl (C=O) groups excluding carboxylic acids is 2. The molecule has 0 unspecified atom stereocenters. The molecule has 4 heterocycles. The van der Waals surface area contributed by atoms with Gasteiger partial charge in [0.25, 0.3) is 5.91 Å². The van der Waals surface area contributed by atoms with Gasteiger partial charge in [-0.05, 0) is 66.9 Å². The highest BCUT2D eigenvalue weighted by molar-refractivity contribution is 7.14. The molecular formula is C29H29FN6O4S. The first-order chi connectivity index (χ1) is 19.9. The highest BCUT2D eigenvalue weighted by atomic mass is 32.1. The SMILES string of the molecule is O=C(Nc1ccc(N2CCC[C@@H]2c2csc(NC(=O)c3cccn3Cc3ccnc(F)c3)n2)cc1)OC1CC(O)C1. The van der Waals surface area contributed by atoms with Crippen molar-refractivity contribution in [3.05, 3.63) is 89.2 Å². The van der Waals surface area contributed by atoms with Gasteiger partial charge in [-0.15, -0.1) is 11.3 Å². The highest BCUT2D eigenvalue weighted by Crippen LogP contribution is 2.37. The highest BCUT2D eigenvalue weighted by Gasteiger charge is 2.31. The summed E-state index contributed by atoms with van der Waals surface area (Å²) in [4.78, 5) is 35.7. The van der Waals surface area contributed by atoms with Crippen LogP contribution >= 0.6 is 11.3 Å². The van der Waals surface area contributed by atoms with E-state index in [0.29, 0.717) is 41.5 Å².